The second-order valence-corrected chi connectivity index (χ2v) is 8.56. The van der Waals surface area contributed by atoms with Crippen LogP contribution in [0.3, 0.4) is 0 Å². The van der Waals surface area contributed by atoms with E-state index in [1.807, 2.05) is 20.8 Å². The minimum absolute atomic E-state index is 0.0872. The lowest BCUT2D eigenvalue weighted by Crippen LogP contribution is -2.45. The maximum Gasteiger partial charge on any atom is 0.328 e. The van der Waals surface area contributed by atoms with E-state index < -0.39 is 33.3 Å². The molecule has 0 aromatic rings. The van der Waals surface area contributed by atoms with Gasteiger partial charge in [0.2, 0.25) is 5.91 Å². The first-order valence-corrected chi connectivity index (χ1v) is 10.1. The zero-order valence-electron chi connectivity index (χ0n) is 14.7. The van der Waals surface area contributed by atoms with Gasteiger partial charge in [-0.3, -0.25) is 9.35 Å². The summed E-state index contributed by atoms with van der Waals surface area (Å²) in [6, 6.07) is -0.723. The average molecular weight is 363 g/mol. The van der Waals surface area contributed by atoms with Gasteiger partial charge in [0.25, 0.3) is 10.1 Å². The van der Waals surface area contributed by atoms with Crippen LogP contribution in [0.25, 0.3) is 0 Å². The monoisotopic (exact) mass is 363 g/mol. The number of unbranched alkanes of at least 4 members (excludes halogenated alkanes) is 1. The minimum Gasteiger partial charge on any atom is -0.464 e. The molecule has 140 valence electrons. The van der Waals surface area contributed by atoms with E-state index >= 15 is 0 Å². The molecule has 1 rings (SSSR count). The molecule has 0 aliphatic heterocycles. The highest BCUT2D eigenvalue weighted by Crippen LogP contribution is 2.30. The predicted octanol–water partition coefficient (Wildman–Crippen LogP) is 1.92. The van der Waals surface area contributed by atoms with Gasteiger partial charge in [-0.05, 0) is 38.0 Å². The van der Waals surface area contributed by atoms with E-state index in [2.05, 4.69) is 5.32 Å². The normalized spacial score (nSPS) is 22.4. The van der Waals surface area contributed by atoms with Crippen molar-refractivity contribution in [2.24, 2.45) is 11.8 Å². The third-order valence-corrected chi connectivity index (χ3v) is 5.50. The zero-order chi connectivity index (χ0) is 18.3. The summed E-state index contributed by atoms with van der Waals surface area (Å²) in [5, 5.41) is 1.80. The Hall–Kier alpha value is -1.15. The number of ether oxygens (including phenoxy) is 1. The molecule has 2 unspecified atom stereocenters. The van der Waals surface area contributed by atoms with Crippen LogP contribution in [0.15, 0.2) is 0 Å². The van der Waals surface area contributed by atoms with Crippen molar-refractivity contribution in [1.29, 1.82) is 0 Å². The van der Waals surface area contributed by atoms with Gasteiger partial charge in [0.1, 0.15) is 6.04 Å². The van der Waals surface area contributed by atoms with Crippen molar-refractivity contribution in [3.63, 3.8) is 0 Å². The summed E-state index contributed by atoms with van der Waals surface area (Å²) in [6.45, 7) is 6.21. The number of nitrogens with one attached hydrogen (secondary N) is 1. The van der Waals surface area contributed by atoms with Gasteiger partial charge in [-0.1, -0.05) is 27.2 Å². The first-order chi connectivity index (χ1) is 11.1. The highest BCUT2D eigenvalue weighted by atomic mass is 32.2. The Balaban J connectivity index is 2.62. The van der Waals surface area contributed by atoms with E-state index in [9.17, 15) is 18.0 Å². The fraction of sp³-hybridized carbons (Fsp3) is 0.875. The van der Waals surface area contributed by atoms with Gasteiger partial charge in [-0.15, -0.1) is 0 Å². The fourth-order valence-electron chi connectivity index (χ4n) is 2.84. The van der Waals surface area contributed by atoms with Crippen LogP contribution in [0.5, 0.6) is 0 Å². The van der Waals surface area contributed by atoms with Gasteiger partial charge in [-0.2, -0.15) is 8.42 Å². The second-order valence-electron chi connectivity index (χ2n) is 6.86. The van der Waals surface area contributed by atoms with Crippen molar-refractivity contribution in [2.75, 3.05) is 6.61 Å². The molecular weight excluding hydrogens is 334 g/mol. The molecule has 24 heavy (non-hydrogen) atoms. The van der Waals surface area contributed by atoms with E-state index in [0.29, 0.717) is 19.4 Å². The lowest BCUT2D eigenvalue weighted by molar-refractivity contribution is -0.149. The maximum atomic E-state index is 12.3. The smallest absolute Gasteiger partial charge is 0.328 e. The SMILES string of the molecule is CCCCOC(=O)[C@H](CC(C)C)NC(=O)C1CCC(S(=O)(=O)O)C1. The van der Waals surface area contributed by atoms with E-state index in [0.717, 1.165) is 12.8 Å². The summed E-state index contributed by atoms with van der Waals surface area (Å²) < 4.78 is 36.6. The number of hydrogen-bond acceptors (Lipinski definition) is 5. The van der Waals surface area contributed by atoms with Gasteiger partial charge in [0, 0.05) is 5.92 Å². The Morgan fingerprint density at radius 1 is 1.29 bits per heavy atom. The van der Waals surface area contributed by atoms with Crippen LogP contribution in [0.4, 0.5) is 0 Å². The van der Waals surface area contributed by atoms with E-state index in [-0.39, 0.29) is 24.7 Å². The molecule has 0 radical (unpaired) electrons. The molecule has 0 spiro atoms. The molecule has 1 aliphatic carbocycles. The zero-order valence-corrected chi connectivity index (χ0v) is 15.5. The summed E-state index contributed by atoms with van der Waals surface area (Å²) in [5.74, 6) is -1.10. The summed E-state index contributed by atoms with van der Waals surface area (Å²) >= 11 is 0. The molecule has 1 aliphatic rings. The lowest BCUT2D eigenvalue weighted by atomic mass is 10.0. The predicted molar refractivity (Wildman–Crippen MR) is 89.9 cm³/mol. The van der Waals surface area contributed by atoms with Gasteiger partial charge in [0.05, 0.1) is 11.9 Å². The summed E-state index contributed by atoms with van der Waals surface area (Å²) in [5.41, 5.74) is 0. The summed E-state index contributed by atoms with van der Waals surface area (Å²) in [4.78, 5) is 24.5. The Kier molecular flexibility index (Phi) is 8.15. The van der Waals surface area contributed by atoms with Gasteiger partial charge in [-0.25, -0.2) is 4.79 Å². The average Bonchev–Trinajstić information content (AvgIpc) is 2.96. The molecule has 0 aromatic carbocycles. The van der Waals surface area contributed by atoms with E-state index in [4.69, 9.17) is 9.29 Å². The molecule has 7 nitrogen and oxygen atoms in total. The van der Waals surface area contributed by atoms with Crippen LogP contribution in [-0.4, -0.2) is 42.7 Å². The van der Waals surface area contributed by atoms with Crippen LogP contribution in [0, 0.1) is 11.8 Å². The van der Waals surface area contributed by atoms with Gasteiger partial charge >= 0.3 is 5.97 Å². The lowest BCUT2D eigenvalue weighted by Gasteiger charge is -2.21. The Morgan fingerprint density at radius 2 is 1.96 bits per heavy atom. The summed E-state index contributed by atoms with van der Waals surface area (Å²) in [6.07, 6.45) is 2.87. The van der Waals surface area contributed by atoms with Gasteiger partial charge in [0.15, 0.2) is 0 Å². The molecule has 1 amide bonds. The number of carbonyl (C=O) groups is 2. The molecular formula is C16H29NO6S. The standard InChI is InChI=1S/C16H29NO6S/c1-4-5-8-23-16(19)14(9-11(2)3)17-15(18)12-6-7-13(10-12)24(20,21)22/h11-14H,4-10H2,1-3H3,(H,17,18)(H,20,21,22)/t12?,13?,14-/m0/s1. The largest absolute Gasteiger partial charge is 0.464 e. The van der Waals surface area contributed by atoms with Gasteiger partial charge < -0.3 is 10.1 Å². The molecule has 0 aromatic heterocycles. The van der Waals surface area contributed by atoms with E-state index in [1.54, 1.807) is 0 Å². The Morgan fingerprint density at radius 3 is 2.46 bits per heavy atom. The third-order valence-electron chi connectivity index (χ3n) is 4.23. The first kappa shape index (κ1) is 20.9. The third kappa shape index (κ3) is 6.76. The highest BCUT2D eigenvalue weighted by Gasteiger charge is 2.37. The molecule has 3 atom stereocenters. The Bertz CT molecular complexity index is 531. The number of hydrogen-bond donors (Lipinski definition) is 2. The number of rotatable bonds is 9. The van der Waals surface area contributed by atoms with Crippen LogP contribution in [0.2, 0.25) is 0 Å². The maximum absolute atomic E-state index is 12.3. The van der Waals surface area contributed by atoms with Crippen LogP contribution < -0.4 is 5.32 Å². The van der Waals surface area contributed by atoms with Crippen molar-refractivity contribution in [2.45, 2.75) is 70.6 Å². The van der Waals surface area contributed by atoms with Crippen LogP contribution >= 0.6 is 0 Å². The van der Waals surface area contributed by atoms with Crippen LogP contribution in [0.1, 0.15) is 59.3 Å². The highest BCUT2D eigenvalue weighted by molar-refractivity contribution is 7.86. The number of esters is 1. The van der Waals surface area contributed by atoms with Crippen molar-refractivity contribution in [3.05, 3.63) is 0 Å². The quantitative estimate of drug-likeness (QED) is 0.368. The van der Waals surface area contributed by atoms with Crippen molar-refractivity contribution in [3.8, 4) is 0 Å². The fourth-order valence-corrected chi connectivity index (χ4v) is 3.75. The number of amides is 1. The molecule has 1 saturated carbocycles. The summed E-state index contributed by atoms with van der Waals surface area (Å²) in [7, 11) is -4.12. The molecule has 2 N–H and O–H groups in total. The topological polar surface area (TPSA) is 110 Å². The minimum atomic E-state index is -4.12. The molecule has 8 heteroatoms. The molecule has 0 saturated heterocycles. The van der Waals surface area contributed by atoms with Crippen molar-refractivity contribution in [1.82, 2.24) is 5.32 Å². The molecule has 1 fully saturated rings. The van der Waals surface area contributed by atoms with Crippen molar-refractivity contribution < 1.29 is 27.3 Å². The first-order valence-electron chi connectivity index (χ1n) is 8.58. The molecule has 0 heterocycles. The van der Waals surface area contributed by atoms with E-state index in [1.165, 1.54) is 0 Å². The second kappa shape index (κ2) is 9.36. The van der Waals surface area contributed by atoms with Crippen LogP contribution in [-0.2, 0) is 24.4 Å². The number of carbonyl (C=O) groups excluding carboxylic acids is 2. The van der Waals surface area contributed by atoms with Crippen molar-refractivity contribution >= 4 is 22.0 Å². The molecule has 0 bridgehead atoms. The Labute approximate surface area is 144 Å².